The Balaban J connectivity index is 2.19. The summed E-state index contributed by atoms with van der Waals surface area (Å²) in [4.78, 5) is 0.262. The zero-order valence-electron chi connectivity index (χ0n) is 11.9. The molecule has 0 aliphatic heterocycles. The van der Waals surface area contributed by atoms with Gasteiger partial charge in [0.25, 0.3) is 0 Å². The number of benzene rings is 1. The highest BCUT2D eigenvalue weighted by Crippen LogP contribution is 2.24. The molecular formula is C14H22N2O3S. The average molecular weight is 298 g/mol. The fourth-order valence-electron chi connectivity index (χ4n) is 2.51. The third kappa shape index (κ3) is 3.31. The van der Waals surface area contributed by atoms with E-state index in [1.54, 1.807) is 18.2 Å². The van der Waals surface area contributed by atoms with Crippen LogP contribution in [0.15, 0.2) is 23.1 Å². The van der Waals surface area contributed by atoms with Crippen LogP contribution in [0, 0.1) is 6.92 Å². The summed E-state index contributed by atoms with van der Waals surface area (Å²) in [7, 11) is -3.52. The van der Waals surface area contributed by atoms with Gasteiger partial charge in [-0.15, -0.1) is 0 Å². The van der Waals surface area contributed by atoms with Crippen molar-refractivity contribution >= 4 is 10.0 Å². The lowest BCUT2D eigenvalue weighted by atomic mass is 10.2. The molecule has 1 aromatic carbocycles. The van der Waals surface area contributed by atoms with Crippen molar-refractivity contribution in [2.45, 2.75) is 50.1 Å². The third-order valence-electron chi connectivity index (χ3n) is 3.63. The number of hydrogen-bond acceptors (Lipinski definition) is 4. The van der Waals surface area contributed by atoms with Gasteiger partial charge in [0, 0.05) is 12.1 Å². The molecule has 0 heterocycles. The fraction of sp³-hybridized carbons (Fsp3) is 0.571. The Hall–Kier alpha value is -1.11. The summed E-state index contributed by atoms with van der Waals surface area (Å²) in [5.74, 6) is 0.712. The Morgan fingerprint density at radius 3 is 2.70 bits per heavy atom. The van der Waals surface area contributed by atoms with E-state index in [1.807, 2.05) is 13.8 Å². The highest BCUT2D eigenvalue weighted by molar-refractivity contribution is 7.89. The molecule has 0 amide bonds. The summed E-state index contributed by atoms with van der Waals surface area (Å²) in [5.41, 5.74) is 6.72. The zero-order valence-corrected chi connectivity index (χ0v) is 12.7. The van der Waals surface area contributed by atoms with E-state index < -0.39 is 10.0 Å². The topological polar surface area (TPSA) is 81.4 Å². The van der Waals surface area contributed by atoms with E-state index in [2.05, 4.69) is 4.72 Å². The largest absolute Gasteiger partial charge is 0.494 e. The SMILES string of the molecule is CCOc1ccc(S(=O)(=O)NC2CCCC2N)cc1C. The Bertz CT molecular complexity index is 572. The lowest BCUT2D eigenvalue weighted by Crippen LogP contribution is -2.43. The van der Waals surface area contributed by atoms with Crippen molar-refractivity contribution in [2.24, 2.45) is 5.73 Å². The second-order valence-electron chi connectivity index (χ2n) is 5.18. The van der Waals surface area contributed by atoms with E-state index in [1.165, 1.54) is 0 Å². The predicted molar refractivity (Wildman–Crippen MR) is 78.3 cm³/mol. The molecular weight excluding hydrogens is 276 g/mol. The van der Waals surface area contributed by atoms with Crippen molar-refractivity contribution in [1.82, 2.24) is 4.72 Å². The summed E-state index contributed by atoms with van der Waals surface area (Å²) >= 11 is 0. The molecule has 1 saturated carbocycles. The lowest BCUT2D eigenvalue weighted by molar-refractivity contribution is 0.337. The first-order valence-corrected chi connectivity index (χ1v) is 8.43. The molecule has 2 unspecified atom stereocenters. The van der Waals surface area contributed by atoms with Crippen LogP contribution in [0.1, 0.15) is 31.7 Å². The molecule has 0 radical (unpaired) electrons. The smallest absolute Gasteiger partial charge is 0.240 e. The second kappa shape index (κ2) is 6.11. The van der Waals surface area contributed by atoms with Crippen LogP contribution in [0.4, 0.5) is 0 Å². The molecule has 0 bridgehead atoms. The number of hydrogen-bond donors (Lipinski definition) is 2. The highest BCUT2D eigenvalue weighted by Gasteiger charge is 2.28. The molecule has 6 heteroatoms. The van der Waals surface area contributed by atoms with E-state index in [4.69, 9.17) is 10.5 Å². The summed E-state index contributed by atoms with van der Waals surface area (Å²) in [5, 5.41) is 0. The van der Waals surface area contributed by atoms with Crippen molar-refractivity contribution in [2.75, 3.05) is 6.61 Å². The number of nitrogens with two attached hydrogens (primary N) is 1. The van der Waals surface area contributed by atoms with Crippen molar-refractivity contribution in [3.05, 3.63) is 23.8 Å². The maximum atomic E-state index is 12.3. The molecule has 0 spiro atoms. The summed E-state index contributed by atoms with van der Waals surface area (Å²) in [6.45, 7) is 4.29. The minimum absolute atomic E-state index is 0.0893. The lowest BCUT2D eigenvalue weighted by Gasteiger charge is -2.18. The summed E-state index contributed by atoms with van der Waals surface area (Å²) in [6, 6.07) is 4.65. The molecule has 5 nitrogen and oxygen atoms in total. The van der Waals surface area contributed by atoms with Crippen LogP contribution >= 0.6 is 0 Å². The maximum absolute atomic E-state index is 12.3. The standard InChI is InChI=1S/C14H22N2O3S/c1-3-19-14-8-7-11(9-10(14)2)20(17,18)16-13-6-4-5-12(13)15/h7-9,12-13,16H,3-6,15H2,1-2H3. The number of nitrogens with one attached hydrogen (secondary N) is 1. The minimum Gasteiger partial charge on any atom is -0.494 e. The van der Waals surface area contributed by atoms with Gasteiger partial charge in [0.05, 0.1) is 11.5 Å². The summed E-state index contributed by atoms with van der Waals surface area (Å²) < 4.78 is 32.8. The molecule has 1 aliphatic rings. The first-order chi connectivity index (χ1) is 9.44. The Morgan fingerprint density at radius 1 is 1.40 bits per heavy atom. The number of rotatable bonds is 5. The molecule has 0 aromatic heterocycles. The quantitative estimate of drug-likeness (QED) is 0.864. The van der Waals surface area contributed by atoms with E-state index >= 15 is 0 Å². The monoisotopic (exact) mass is 298 g/mol. The van der Waals surface area contributed by atoms with Gasteiger partial charge in [0.2, 0.25) is 10.0 Å². The van der Waals surface area contributed by atoms with Crippen LogP contribution in [0.5, 0.6) is 5.75 Å². The zero-order chi connectivity index (χ0) is 14.8. The van der Waals surface area contributed by atoms with E-state index in [0.29, 0.717) is 12.4 Å². The number of ether oxygens (including phenoxy) is 1. The van der Waals surface area contributed by atoms with Crippen LogP contribution in [-0.4, -0.2) is 27.1 Å². The van der Waals surface area contributed by atoms with Crippen molar-refractivity contribution < 1.29 is 13.2 Å². The van der Waals surface area contributed by atoms with E-state index in [9.17, 15) is 8.42 Å². The molecule has 1 aliphatic carbocycles. The van der Waals surface area contributed by atoms with Gasteiger partial charge in [-0.1, -0.05) is 6.42 Å². The molecule has 3 N–H and O–H groups in total. The average Bonchev–Trinajstić information content (AvgIpc) is 2.77. The van der Waals surface area contributed by atoms with Gasteiger partial charge in [0.1, 0.15) is 5.75 Å². The van der Waals surface area contributed by atoms with E-state index in [-0.39, 0.29) is 17.0 Å². The molecule has 112 valence electrons. The van der Waals surface area contributed by atoms with Crippen molar-refractivity contribution in [3.8, 4) is 5.75 Å². The number of aryl methyl sites for hydroxylation is 1. The first-order valence-electron chi connectivity index (χ1n) is 6.95. The highest BCUT2D eigenvalue weighted by atomic mass is 32.2. The van der Waals surface area contributed by atoms with Crippen LogP contribution in [0.25, 0.3) is 0 Å². The van der Waals surface area contributed by atoms with E-state index in [0.717, 1.165) is 24.8 Å². The Morgan fingerprint density at radius 2 is 2.15 bits per heavy atom. The minimum atomic E-state index is -3.52. The van der Waals surface area contributed by atoms with Crippen LogP contribution in [0.2, 0.25) is 0 Å². The molecule has 0 saturated heterocycles. The fourth-order valence-corrected chi connectivity index (χ4v) is 3.92. The van der Waals surface area contributed by atoms with Crippen molar-refractivity contribution in [3.63, 3.8) is 0 Å². The van der Waals surface area contributed by atoms with Crippen LogP contribution in [0.3, 0.4) is 0 Å². The van der Waals surface area contributed by atoms with Gasteiger partial charge in [-0.2, -0.15) is 0 Å². The van der Waals surface area contributed by atoms with Crippen molar-refractivity contribution in [1.29, 1.82) is 0 Å². The second-order valence-corrected chi connectivity index (χ2v) is 6.90. The number of sulfonamides is 1. The van der Waals surface area contributed by atoms with Gasteiger partial charge in [-0.05, 0) is 50.5 Å². The van der Waals surface area contributed by atoms with Gasteiger partial charge in [-0.25, -0.2) is 13.1 Å². The normalized spacial score (nSPS) is 22.9. The van der Waals surface area contributed by atoms with Gasteiger partial charge in [0.15, 0.2) is 0 Å². The third-order valence-corrected chi connectivity index (χ3v) is 5.12. The molecule has 1 aromatic rings. The first kappa shape index (κ1) is 15.3. The van der Waals surface area contributed by atoms with Crippen LogP contribution < -0.4 is 15.2 Å². The van der Waals surface area contributed by atoms with Crippen LogP contribution in [-0.2, 0) is 10.0 Å². The summed E-state index contributed by atoms with van der Waals surface area (Å²) in [6.07, 6.45) is 2.64. The molecule has 2 rings (SSSR count). The van der Waals surface area contributed by atoms with Gasteiger partial charge in [-0.3, -0.25) is 0 Å². The maximum Gasteiger partial charge on any atom is 0.240 e. The van der Waals surface area contributed by atoms with Gasteiger partial charge >= 0.3 is 0 Å². The molecule has 2 atom stereocenters. The molecule has 1 fully saturated rings. The molecule has 20 heavy (non-hydrogen) atoms. The van der Waals surface area contributed by atoms with Gasteiger partial charge < -0.3 is 10.5 Å². The Kier molecular flexibility index (Phi) is 4.67. The Labute approximate surface area is 120 Å². The predicted octanol–water partition coefficient (Wildman–Crippen LogP) is 1.55.